The summed E-state index contributed by atoms with van der Waals surface area (Å²) in [5.41, 5.74) is 1.21. The Bertz CT molecular complexity index is 1450. The molecule has 9 nitrogen and oxygen atoms in total. The van der Waals surface area contributed by atoms with Crippen molar-refractivity contribution in [3.8, 4) is 23.0 Å². The lowest BCUT2D eigenvalue weighted by molar-refractivity contribution is -0.274. The average molecular weight is 535 g/mol. The van der Waals surface area contributed by atoms with E-state index >= 15 is 0 Å². The highest BCUT2D eigenvalue weighted by Gasteiger charge is 2.37. The molecule has 0 spiro atoms. The van der Waals surface area contributed by atoms with E-state index in [2.05, 4.69) is 9.73 Å². The molecule has 0 atom stereocenters. The monoisotopic (exact) mass is 535 g/mol. The molecular formula is C21H12F7N3O6. The second-order valence-electron chi connectivity index (χ2n) is 6.97. The number of phenols is 1. The van der Waals surface area contributed by atoms with Crippen LogP contribution in [-0.4, -0.2) is 33.2 Å². The molecule has 16 heteroatoms. The first-order valence-corrected chi connectivity index (χ1v) is 9.54. The van der Waals surface area contributed by atoms with Crippen LogP contribution in [0.15, 0.2) is 53.7 Å². The maximum Gasteiger partial charge on any atom is 0.573 e. The third-order valence-corrected chi connectivity index (χ3v) is 4.41. The number of ether oxygens (including phenoxy) is 2. The number of aromatic nitrogens is 1. The fourth-order valence-corrected chi connectivity index (χ4v) is 2.87. The van der Waals surface area contributed by atoms with Crippen LogP contribution >= 0.6 is 0 Å². The van der Waals surface area contributed by atoms with Gasteiger partial charge in [0.1, 0.15) is 22.8 Å². The van der Waals surface area contributed by atoms with Crippen molar-refractivity contribution in [2.45, 2.75) is 12.5 Å². The van der Waals surface area contributed by atoms with E-state index in [1.807, 2.05) is 0 Å². The minimum absolute atomic E-state index is 0.224. The Balaban J connectivity index is 2.12. The first kappa shape index (κ1) is 26.8. The summed E-state index contributed by atoms with van der Waals surface area (Å²) in [5, 5.41) is 19.1. The highest BCUT2D eigenvalue weighted by atomic mass is 19.4. The van der Waals surface area contributed by atoms with Crippen molar-refractivity contribution in [2.75, 3.05) is 0 Å². The molecule has 3 rings (SSSR count). The van der Waals surface area contributed by atoms with Crippen LogP contribution in [0, 0.1) is 5.82 Å². The summed E-state index contributed by atoms with van der Waals surface area (Å²) in [7, 11) is 0. The molecule has 3 aromatic rings. The van der Waals surface area contributed by atoms with Gasteiger partial charge in [0.05, 0.1) is 10.9 Å². The van der Waals surface area contributed by atoms with Gasteiger partial charge in [-0.1, -0.05) is 0 Å². The molecule has 0 saturated carbocycles. The summed E-state index contributed by atoms with van der Waals surface area (Å²) >= 11 is 0. The number of carbonyl (C=O) groups is 2. The van der Waals surface area contributed by atoms with E-state index in [1.54, 1.807) is 0 Å². The van der Waals surface area contributed by atoms with Crippen molar-refractivity contribution in [1.29, 1.82) is 0 Å². The summed E-state index contributed by atoms with van der Waals surface area (Å²) in [6.45, 7) is 0. The van der Waals surface area contributed by atoms with Crippen LogP contribution in [0.3, 0.4) is 0 Å². The van der Waals surface area contributed by atoms with Gasteiger partial charge in [-0.25, -0.2) is 9.38 Å². The van der Waals surface area contributed by atoms with Gasteiger partial charge < -0.3 is 25.5 Å². The summed E-state index contributed by atoms with van der Waals surface area (Å²) < 4.78 is 101. The molecular weight excluding hydrogens is 523 g/mol. The molecule has 196 valence electrons. The Morgan fingerprint density at radius 2 is 1.62 bits per heavy atom. The van der Waals surface area contributed by atoms with Gasteiger partial charge in [-0.2, -0.15) is 17.9 Å². The number of benzene rings is 2. The molecule has 0 bridgehead atoms. The molecule has 0 aliphatic heterocycles. The van der Waals surface area contributed by atoms with Crippen molar-refractivity contribution in [3.05, 3.63) is 76.7 Å². The standard InChI is InChI=1S/C21H12F7N3O6/c22-17-11(20(23,24)25)2-4-15(36-14-3-1-10(8-13(14)32)37-21(26,27)28)16(17)19(34)30-9-5-6-31(35)12(7-9)18(29)33/h1-8,32,35H,(H2,29,33). The zero-order chi connectivity index (χ0) is 27.7. The van der Waals surface area contributed by atoms with E-state index in [4.69, 9.17) is 10.5 Å². The van der Waals surface area contributed by atoms with Crippen molar-refractivity contribution < 1.29 is 60.1 Å². The topological polar surface area (TPSA) is 136 Å². The SMILES string of the molecule is NC(=O)c1cc(=NC(=O)c2c(Oc3ccc(OC(F)(F)F)cc3O)ccc(C(F)(F)F)c2F)ccn1O. The number of aromatic hydroxyl groups is 1. The van der Waals surface area contributed by atoms with Crippen LogP contribution in [-0.2, 0) is 6.18 Å². The molecule has 2 aromatic carbocycles. The smallest absolute Gasteiger partial charge is 0.504 e. The number of amides is 2. The third kappa shape index (κ3) is 6.28. The van der Waals surface area contributed by atoms with E-state index in [0.29, 0.717) is 24.3 Å². The van der Waals surface area contributed by atoms with Gasteiger partial charge >= 0.3 is 12.5 Å². The number of alkyl halides is 6. The minimum Gasteiger partial charge on any atom is -0.504 e. The number of phenolic OH excluding ortho intramolecular Hbond substituents is 1. The summed E-state index contributed by atoms with van der Waals surface area (Å²) in [6, 6.07) is 4.30. The second-order valence-corrected chi connectivity index (χ2v) is 6.97. The number of nitrogens with two attached hydrogens (primary N) is 1. The van der Waals surface area contributed by atoms with Crippen LogP contribution in [0.4, 0.5) is 30.7 Å². The molecule has 2 amide bonds. The largest absolute Gasteiger partial charge is 0.573 e. The van der Waals surface area contributed by atoms with Crippen molar-refractivity contribution in [1.82, 2.24) is 4.73 Å². The van der Waals surface area contributed by atoms with Gasteiger partial charge in [-0.05, 0) is 36.4 Å². The van der Waals surface area contributed by atoms with Crippen molar-refractivity contribution in [3.63, 3.8) is 0 Å². The first-order chi connectivity index (χ1) is 17.1. The number of nitrogens with zero attached hydrogens (tertiary/aromatic N) is 2. The number of hydrogen-bond donors (Lipinski definition) is 3. The summed E-state index contributed by atoms with van der Waals surface area (Å²) in [4.78, 5) is 27.5. The molecule has 37 heavy (non-hydrogen) atoms. The zero-order valence-electron chi connectivity index (χ0n) is 17.8. The van der Waals surface area contributed by atoms with Crippen LogP contribution in [0.2, 0.25) is 0 Å². The number of carbonyl (C=O) groups excluding carboxylic acids is 2. The predicted molar refractivity (Wildman–Crippen MR) is 106 cm³/mol. The van der Waals surface area contributed by atoms with Gasteiger partial charge in [0.2, 0.25) is 0 Å². The highest BCUT2D eigenvalue weighted by Crippen LogP contribution is 2.40. The maximum atomic E-state index is 14.9. The number of primary amides is 1. The molecule has 0 fully saturated rings. The number of halogens is 7. The van der Waals surface area contributed by atoms with Gasteiger partial charge in [-0.15, -0.1) is 13.2 Å². The van der Waals surface area contributed by atoms with Crippen LogP contribution in [0.25, 0.3) is 0 Å². The van der Waals surface area contributed by atoms with Crippen molar-refractivity contribution in [2.24, 2.45) is 10.7 Å². The quantitative estimate of drug-likeness (QED) is 0.332. The molecule has 0 aliphatic rings. The Kier molecular flexibility index (Phi) is 7.04. The molecule has 0 radical (unpaired) electrons. The molecule has 0 aliphatic carbocycles. The second kappa shape index (κ2) is 9.71. The van der Waals surface area contributed by atoms with Gasteiger partial charge in [0.15, 0.2) is 17.3 Å². The van der Waals surface area contributed by atoms with E-state index in [-0.39, 0.29) is 10.8 Å². The highest BCUT2D eigenvalue weighted by molar-refractivity contribution is 5.98. The van der Waals surface area contributed by atoms with E-state index in [0.717, 1.165) is 18.3 Å². The van der Waals surface area contributed by atoms with Gasteiger partial charge in [0.25, 0.3) is 11.8 Å². The Hall–Kier alpha value is -4.76. The number of pyridine rings is 1. The lowest BCUT2D eigenvalue weighted by atomic mass is 10.1. The Labute approximate surface area is 200 Å². The fourth-order valence-electron chi connectivity index (χ4n) is 2.87. The lowest BCUT2D eigenvalue weighted by Crippen LogP contribution is -2.22. The lowest BCUT2D eigenvalue weighted by Gasteiger charge is -2.15. The van der Waals surface area contributed by atoms with Crippen LogP contribution in [0.1, 0.15) is 26.4 Å². The van der Waals surface area contributed by atoms with E-state index in [9.17, 15) is 50.6 Å². The van der Waals surface area contributed by atoms with Crippen LogP contribution < -0.4 is 20.6 Å². The number of hydrogen-bond acceptors (Lipinski definition) is 6. The first-order valence-electron chi connectivity index (χ1n) is 9.54. The molecule has 0 saturated heterocycles. The Morgan fingerprint density at radius 3 is 2.19 bits per heavy atom. The number of rotatable bonds is 5. The molecule has 4 N–H and O–H groups in total. The van der Waals surface area contributed by atoms with Crippen LogP contribution in [0.5, 0.6) is 23.0 Å². The Morgan fingerprint density at radius 1 is 0.973 bits per heavy atom. The van der Waals surface area contributed by atoms with E-state index < -0.39 is 75.3 Å². The molecule has 1 aromatic heterocycles. The minimum atomic E-state index is -5.26. The predicted octanol–water partition coefficient (Wildman–Crippen LogP) is 4.12. The zero-order valence-corrected chi connectivity index (χ0v) is 17.8. The van der Waals surface area contributed by atoms with E-state index in [1.165, 1.54) is 0 Å². The van der Waals surface area contributed by atoms with Crippen molar-refractivity contribution >= 4 is 11.8 Å². The summed E-state index contributed by atoms with van der Waals surface area (Å²) in [5.74, 6) is -8.40. The normalized spacial score (nSPS) is 12.4. The van der Waals surface area contributed by atoms with Gasteiger partial charge in [-0.3, -0.25) is 9.59 Å². The summed E-state index contributed by atoms with van der Waals surface area (Å²) in [6.07, 6.45) is -9.55. The molecule has 0 unspecified atom stereocenters. The third-order valence-electron chi connectivity index (χ3n) is 4.41. The fraction of sp³-hybridized carbons (Fsp3) is 0.0952. The van der Waals surface area contributed by atoms with Gasteiger partial charge in [0, 0.05) is 12.3 Å². The maximum absolute atomic E-state index is 14.9. The molecule has 1 heterocycles. The average Bonchev–Trinajstić information content (AvgIpc) is 2.74.